The zero-order chi connectivity index (χ0) is 13.7. The van der Waals surface area contributed by atoms with Gasteiger partial charge in [-0.15, -0.1) is 0 Å². The van der Waals surface area contributed by atoms with Gasteiger partial charge in [-0.1, -0.05) is 0 Å². The third-order valence-corrected chi connectivity index (χ3v) is 3.44. The Bertz CT molecular complexity index is 520. The highest BCUT2D eigenvalue weighted by Gasteiger charge is 2.04. The largest absolute Gasteiger partial charge is 0.363 e. The zero-order valence-corrected chi connectivity index (χ0v) is 11.9. The Kier molecular flexibility index (Phi) is 4.52. The van der Waals surface area contributed by atoms with E-state index in [2.05, 4.69) is 15.7 Å². The quantitative estimate of drug-likeness (QED) is 0.912. The van der Waals surface area contributed by atoms with Crippen LogP contribution < -0.4 is 10.2 Å². The molecule has 0 aliphatic heterocycles. The van der Waals surface area contributed by atoms with E-state index in [1.807, 2.05) is 42.6 Å². The summed E-state index contributed by atoms with van der Waals surface area (Å²) in [5, 5.41) is 6.95. The van der Waals surface area contributed by atoms with Crippen molar-refractivity contribution in [2.24, 2.45) is 0 Å². The number of aryl methyl sites for hydroxylation is 1. The molecule has 0 atom stereocenters. The summed E-state index contributed by atoms with van der Waals surface area (Å²) in [6, 6.07) is 5.80. The number of hydrogen-bond donors (Lipinski definition) is 1. The molecule has 2 aromatic rings. The normalized spacial score (nSPS) is 10.2. The summed E-state index contributed by atoms with van der Waals surface area (Å²) in [7, 11) is 3.86. The Morgan fingerprint density at radius 2 is 2.21 bits per heavy atom. The summed E-state index contributed by atoms with van der Waals surface area (Å²) in [4.78, 5) is 18.0. The van der Waals surface area contributed by atoms with Crippen LogP contribution in [0.2, 0.25) is 0 Å². The fraction of sp³-hybridized carbons (Fsp3) is 0.286. The van der Waals surface area contributed by atoms with Crippen LogP contribution in [0.4, 0.5) is 11.5 Å². The van der Waals surface area contributed by atoms with Crippen molar-refractivity contribution in [3.63, 3.8) is 0 Å². The van der Waals surface area contributed by atoms with Crippen molar-refractivity contribution in [3.8, 4) is 0 Å². The van der Waals surface area contributed by atoms with E-state index in [1.54, 1.807) is 17.5 Å². The number of nitrogens with one attached hydrogen (secondary N) is 1. The molecule has 0 aromatic carbocycles. The van der Waals surface area contributed by atoms with E-state index in [1.165, 1.54) is 5.56 Å². The number of anilines is 2. The van der Waals surface area contributed by atoms with Crippen LogP contribution in [-0.2, 0) is 11.2 Å². The maximum absolute atomic E-state index is 11.8. The lowest BCUT2D eigenvalue weighted by atomic mass is 10.2. The lowest BCUT2D eigenvalue weighted by molar-refractivity contribution is -0.116. The number of pyridine rings is 1. The molecule has 0 aliphatic rings. The smallest absolute Gasteiger partial charge is 0.224 e. The van der Waals surface area contributed by atoms with Crippen molar-refractivity contribution in [1.82, 2.24) is 4.98 Å². The van der Waals surface area contributed by atoms with E-state index >= 15 is 0 Å². The molecule has 1 N–H and O–H groups in total. The van der Waals surface area contributed by atoms with Crippen LogP contribution in [0.1, 0.15) is 12.0 Å². The van der Waals surface area contributed by atoms with Gasteiger partial charge in [0.2, 0.25) is 5.91 Å². The molecule has 2 aromatic heterocycles. The van der Waals surface area contributed by atoms with Gasteiger partial charge < -0.3 is 10.2 Å². The van der Waals surface area contributed by atoms with Gasteiger partial charge in [0.1, 0.15) is 5.82 Å². The summed E-state index contributed by atoms with van der Waals surface area (Å²) in [6.45, 7) is 0. The van der Waals surface area contributed by atoms with Gasteiger partial charge >= 0.3 is 0 Å². The van der Waals surface area contributed by atoms with E-state index in [4.69, 9.17) is 0 Å². The number of nitrogens with zero attached hydrogens (tertiary/aromatic N) is 2. The molecule has 0 aliphatic carbocycles. The molecule has 2 heterocycles. The monoisotopic (exact) mass is 275 g/mol. The Balaban J connectivity index is 1.84. The first-order chi connectivity index (χ1) is 9.15. The van der Waals surface area contributed by atoms with Crippen LogP contribution in [0, 0.1) is 0 Å². The molecule has 19 heavy (non-hydrogen) atoms. The second-order valence-electron chi connectivity index (χ2n) is 4.48. The van der Waals surface area contributed by atoms with Gasteiger partial charge in [0.05, 0.1) is 11.9 Å². The molecule has 5 heteroatoms. The summed E-state index contributed by atoms with van der Waals surface area (Å²) in [6.07, 6.45) is 2.95. The molecular weight excluding hydrogens is 258 g/mol. The molecule has 0 saturated carbocycles. The van der Waals surface area contributed by atoms with Crippen molar-refractivity contribution in [2.75, 3.05) is 24.3 Å². The maximum Gasteiger partial charge on any atom is 0.224 e. The lowest BCUT2D eigenvalue weighted by Crippen LogP contribution is -2.14. The summed E-state index contributed by atoms with van der Waals surface area (Å²) in [5.41, 5.74) is 1.95. The molecule has 0 spiro atoms. The van der Waals surface area contributed by atoms with Gasteiger partial charge in [0.15, 0.2) is 0 Å². The number of rotatable bonds is 5. The summed E-state index contributed by atoms with van der Waals surface area (Å²) >= 11 is 1.65. The van der Waals surface area contributed by atoms with Crippen molar-refractivity contribution in [1.29, 1.82) is 0 Å². The van der Waals surface area contributed by atoms with Crippen LogP contribution in [0.5, 0.6) is 0 Å². The first-order valence-electron chi connectivity index (χ1n) is 6.09. The minimum Gasteiger partial charge on any atom is -0.363 e. The molecule has 2 rings (SSSR count). The third-order valence-electron chi connectivity index (χ3n) is 2.71. The van der Waals surface area contributed by atoms with Crippen LogP contribution in [-0.4, -0.2) is 25.0 Å². The van der Waals surface area contributed by atoms with Crippen molar-refractivity contribution < 1.29 is 4.79 Å². The van der Waals surface area contributed by atoms with Crippen LogP contribution >= 0.6 is 11.3 Å². The molecule has 0 radical (unpaired) electrons. The average Bonchev–Trinajstić information content (AvgIpc) is 2.90. The molecule has 0 saturated heterocycles. The van der Waals surface area contributed by atoms with Gasteiger partial charge in [-0.3, -0.25) is 4.79 Å². The van der Waals surface area contributed by atoms with Crippen molar-refractivity contribution in [3.05, 3.63) is 40.7 Å². The highest BCUT2D eigenvalue weighted by Crippen LogP contribution is 2.13. The Morgan fingerprint density at radius 3 is 2.79 bits per heavy atom. The van der Waals surface area contributed by atoms with E-state index in [9.17, 15) is 4.79 Å². The van der Waals surface area contributed by atoms with Gasteiger partial charge in [-0.25, -0.2) is 4.98 Å². The molecule has 0 unspecified atom stereocenters. The second kappa shape index (κ2) is 6.33. The minimum atomic E-state index is 0.0191. The predicted octanol–water partition coefficient (Wildman–Crippen LogP) is 2.78. The second-order valence-corrected chi connectivity index (χ2v) is 5.26. The fourth-order valence-corrected chi connectivity index (χ4v) is 2.34. The van der Waals surface area contributed by atoms with E-state index in [-0.39, 0.29) is 5.91 Å². The van der Waals surface area contributed by atoms with Gasteiger partial charge in [-0.05, 0) is 40.9 Å². The van der Waals surface area contributed by atoms with Crippen LogP contribution in [0.25, 0.3) is 0 Å². The Morgan fingerprint density at radius 1 is 1.37 bits per heavy atom. The van der Waals surface area contributed by atoms with Crippen molar-refractivity contribution >= 4 is 28.7 Å². The highest BCUT2D eigenvalue weighted by molar-refractivity contribution is 7.07. The van der Waals surface area contributed by atoms with E-state index in [0.29, 0.717) is 6.42 Å². The van der Waals surface area contributed by atoms with Crippen LogP contribution in [0.3, 0.4) is 0 Å². The van der Waals surface area contributed by atoms with E-state index < -0.39 is 0 Å². The SMILES string of the molecule is CN(C)c1ccc(NC(=O)CCc2ccsc2)cn1. The summed E-state index contributed by atoms with van der Waals surface area (Å²) < 4.78 is 0. The zero-order valence-electron chi connectivity index (χ0n) is 11.1. The number of amides is 1. The average molecular weight is 275 g/mol. The van der Waals surface area contributed by atoms with Gasteiger partial charge in [0.25, 0.3) is 0 Å². The Hall–Kier alpha value is -1.88. The molecule has 100 valence electrons. The molecule has 0 fully saturated rings. The fourth-order valence-electron chi connectivity index (χ4n) is 1.64. The highest BCUT2D eigenvalue weighted by atomic mass is 32.1. The standard InChI is InChI=1S/C14H17N3OS/c1-17(2)13-5-4-12(9-15-13)16-14(18)6-3-11-7-8-19-10-11/h4-5,7-10H,3,6H2,1-2H3,(H,16,18). The minimum absolute atomic E-state index is 0.0191. The molecular formula is C14H17N3OS. The molecule has 4 nitrogen and oxygen atoms in total. The number of carbonyl (C=O) groups excluding carboxylic acids is 1. The number of hydrogen-bond acceptors (Lipinski definition) is 4. The molecule has 1 amide bonds. The summed E-state index contributed by atoms with van der Waals surface area (Å²) in [5.74, 6) is 0.891. The first-order valence-corrected chi connectivity index (χ1v) is 7.04. The first kappa shape index (κ1) is 13.5. The van der Waals surface area contributed by atoms with Gasteiger partial charge in [0, 0.05) is 20.5 Å². The third kappa shape index (κ3) is 4.06. The number of carbonyl (C=O) groups is 1. The lowest BCUT2D eigenvalue weighted by Gasteiger charge is -2.11. The van der Waals surface area contributed by atoms with Crippen LogP contribution in [0.15, 0.2) is 35.2 Å². The maximum atomic E-state index is 11.8. The topological polar surface area (TPSA) is 45.2 Å². The number of aromatic nitrogens is 1. The molecule has 0 bridgehead atoms. The number of thiophene rings is 1. The van der Waals surface area contributed by atoms with Gasteiger partial charge in [-0.2, -0.15) is 11.3 Å². The Labute approximate surface area is 117 Å². The van der Waals surface area contributed by atoms with E-state index in [0.717, 1.165) is 17.9 Å². The predicted molar refractivity (Wildman–Crippen MR) is 79.8 cm³/mol. The van der Waals surface area contributed by atoms with Crippen molar-refractivity contribution in [2.45, 2.75) is 12.8 Å².